The number of hydrogen-bond donors (Lipinski definition) is 2. The highest BCUT2D eigenvalue weighted by molar-refractivity contribution is 6.01. The van der Waals surface area contributed by atoms with E-state index in [1.165, 1.54) is 11.6 Å². The molecule has 0 aliphatic heterocycles. The van der Waals surface area contributed by atoms with Gasteiger partial charge in [0.25, 0.3) is 0 Å². The molecule has 2 aromatic rings. The van der Waals surface area contributed by atoms with Gasteiger partial charge in [-0.3, -0.25) is 4.79 Å². The van der Waals surface area contributed by atoms with E-state index in [1.54, 1.807) is 6.08 Å². The molecule has 112 valence electrons. The lowest BCUT2D eigenvalue weighted by Crippen LogP contribution is -2.09. The van der Waals surface area contributed by atoms with Crippen molar-refractivity contribution in [3.05, 3.63) is 78.4 Å². The number of anilines is 3. The Balaban J connectivity index is 2.12. The molecule has 2 N–H and O–H groups in total. The zero-order valence-corrected chi connectivity index (χ0v) is 12.8. The maximum atomic E-state index is 11.9. The van der Waals surface area contributed by atoms with Crippen molar-refractivity contribution in [2.45, 2.75) is 13.8 Å². The minimum atomic E-state index is -0.156. The molecule has 0 aliphatic carbocycles. The predicted octanol–water partition coefficient (Wildman–Crippen LogP) is 4.81. The topological polar surface area (TPSA) is 41.1 Å². The van der Waals surface area contributed by atoms with Gasteiger partial charge in [0, 0.05) is 11.8 Å². The zero-order valence-electron chi connectivity index (χ0n) is 12.8. The normalized spacial score (nSPS) is 11.0. The van der Waals surface area contributed by atoms with Gasteiger partial charge in [0.05, 0.1) is 11.4 Å². The van der Waals surface area contributed by atoms with Gasteiger partial charge in [-0.1, -0.05) is 48.1 Å². The Morgan fingerprint density at radius 1 is 0.955 bits per heavy atom. The minimum absolute atomic E-state index is 0.156. The van der Waals surface area contributed by atoms with Crippen LogP contribution in [0.25, 0.3) is 0 Å². The third-order valence-corrected chi connectivity index (χ3v) is 3.07. The molecular weight excluding hydrogens is 272 g/mol. The lowest BCUT2D eigenvalue weighted by molar-refractivity contribution is -0.111. The van der Waals surface area contributed by atoms with Crippen molar-refractivity contribution >= 4 is 23.0 Å². The van der Waals surface area contributed by atoms with Crippen LogP contribution in [0, 0.1) is 6.92 Å². The summed E-state index contributed by atoms with van der Waals surface area (Å²) in [6, 6.07) is 15.8. The number of allylic oxidation sites excluding steroid dienone is 3. The van der Waals surface area contributed by atoms with Crippen LogP contribution < -0.4 is 10.6 Å². The average Bonchev–Trinajstić information content (AvgIpc) is 2.52. The van der Waals surface area contributed by atoms with Crippen molar-refractivity contribution in [3.8, 4) is 0 Å². The molecule has 0 unspecified atom stereocenters. The molecular formula is C19H20N2O. The van der Waals surface area contributed by atoms with Crippen LogP contribution in [0.1, 0.15) is 12.5 Å². The van der Waals surface area contributed by atoms with Gasteiger partial charge in [-0.05, 0) is 38.1 Å². The number of amides is 1. The Morgan fingerprint density at radius 3 is 2.32 bits per heavy atom. The van der Waals surface area contributed by atoms with Gasteiger partial charge in [-0.2, -0.15) is 0 Å². The van der Waals surface area contributed by atoms with Crippen LogP contribution in [0.15, 0.2) is 72.8 Å². The Kier molecular flexibility index (Phi) is 5.55. The molecule has 2 aromatic carbocycles. The van der Waals surface area contributed by atoms with Crippen molar-refractivity contribution in [2.75, 3.05) is 10.6 Å². The number of para-hydroxylation sites is 2. The Bertz CT molecular complexity index is 685. The second kappa shape index (κ2) is 7.84. The monoisotopic (exact) mass is 292 g/mol. The summed E-state index contributed by atoms with van der Waals surface area (Å²) in [5.74, 6) is -0.156. The third kappa shape index (κ3) is 4.63. The van der Waals surface area contributed by atoms with Gasteiger partial charge >= 0.3 is 0 Å². The highest BCUT2D eigenvalue weighted by Crippen LogP contribution is 2.25. The molecule has 0 heterocycles. The first-order valence-electron chi connectivity index (χ1n) is 7.22. The maximum Gasteiger partial charge on any atom is 0.248 e. The summed E-state index contributed by atoms with van der Waals surface area (Å²) in [5.41, 5.74) is 3.80. The van der Waals surface area contributed by atoms with Gasteiger partial charge < -0.3 is 10.6 Å². The van der Waals surface area contributed by atoms with Crippen molar-refractivity contribution in [2.24, 2.45) is 0 Å². The van der Waals surface area contributed by atoms with Crippen LogP contribution in [0.4, 0.5) is 17.1 Å². The summed E-state index contributed by atoms with van der Waals surface area (Å²) in [6.45, 7) is 3.96. The molecule has 0 saturated carbocycles. The van der Waals surface area contributed by atoms with E-state index >= 15 is 0 Å². The number of carbonyl (C=O) groups excluding carboxylic acids is 1. The summed E-state index contributed by atoms with van der Waals surface area (Å²) < 4.78 is 0. The van der Waals surface area contributed by atoms with Crippen molar-refractivity contribution < 1.29 is 4.79 Å². The standard InChI is InChI=1S/C19H20N2O/c1-3-4-5-10-19(22)21-18-9-7-6-8-17(18)20-16-13-11-15(2)12-14-16/h3-14,20H,1-2H3,(H,21,22)/b4-3+,10-5+. The largest absolute Gasteiger partial charge is 0.354 e. The molecule has 3 heteroatoms. The molecule has 0 aliphatic rings. The molecule has 0 saturated heterocycles. The third-order valence-electron chi connectivity index (χ3n) is 3.07. The number of carbonyl (C=O) groups is 1. The zero-order chi connectivity index (χ0) is 15.8. The van der Waals surface area contributed by atoms with Crippen LogP contribution in [-0.2, 0) is 4.79 Å². The van der Waals surface area contributed by atoms with E-state index in [9.17, 15) is 4.79 Å². The highest BCUT2D eigenvalue weighted by atomic mass is 16.1. The van der Waals surface area contributed by atoms with Crippen LogP contribution in [0.5, 0.6) is 0 Å². The average molecular weight is 292 g/mol. The number of rotatable bonds is 5. The number of hydrogen-bond acceptors (Lipinski definition) is 2. The number of nitrogens with one attached hydrogen (secondary N) is 2. The smallest absolute Gasteiger partial charge is 0.248 e. The van der Waals surface area contributed by atoms with Crippen molar-refractivity contribution in [1.82, 2.24) is 0 Å². The fraction of sp³-hybridized carbons (Fsp3) is 0.105. The summed E-state index contributed by atoms with van der Waals surface area (Å²) in [4.78, 5) is 11.9. The molecule has 0 aromatic heterocycles. The fourth-order valence-electron chi connectivity index (χ4n) is 1.92. The Hall–Kier alpha value is -2.81. The van der Waals surface area contributed by atoms with Crippen LogP contribution in [0.2, 0.25) is 0 Å². The maximum absolute atomic E-state index is 11.9. The summed E-state index contributed by atoms with van der Waals surface area (Å²) >= 11 is 0. The van der Waals surface area contributed by atoms with E-state index in [1.807, 2.05) is 67.6 Å². The lowest BCUT2D eigenvalue weighted by Gasteiger charge is -2.12. The number of benzene rings is 2. The van der Waals surface area contributed by atoms with Gasteiger partial charge in [0.1, 0.15) is 0 Å². The SMILES string of the molecule is C/C=C/C=C/C(=O)Nc1ccccc1Nc1ccc(C)cc1. The fourth-order valence-corrected chi connectivity index (χ4v) is 1.92. The van der Waals surface area contributed by atoms with E-state index in [2.05, 4.69) is 17.6 Å². The van der Waals surface area contributed by atoms with Gasteiger partial charge in [0.2, 0.25) is 5.91 Å². The van der Waals surface area contributed by atoms with Gasteiger partial charge in [-0.25, -0.2) is 0 Å². The predicted molar refractivity (Wildman–Crippen MR) is 93.5 cm³/mol. The molecule has 0 atom stereocenters. The van der Waals surface area contributed by atoms with Crippen molar-refractivity contribution in [1.29, 1.82) is 0 Å². The molecule has 22 heavy (non-hydrogen) atoms. The van der Waals surface area contributed by atoms with Crippen LogP contribution in [-0.4, -0.2) is 5.91 Å². The molecule has 2 rings (SSSR count). The molecule has 0 fully saturated rings. The first-order chi connectivity index (χ1) is 10.7. The molecule has 1 amide bonds. The number of aryl methyl sites for hydroxylation is 1. The Labute approximate surface area is 131 Å². The van der Waals surface area contributed by atoms with Crippen molar-refractivity contribution in [3.63, 3.8) is 0 Å². The second-order valence-corrected chi connectivity index (χ2v) is 4.91. The van der Waals surface area contributed by atoms with Crippen LogP contribution in [0.3, 0.4) is 0 Å². The summed E-state index contributed by atoms with van der Waals surface area (Å²) in [7, 11) is 0. The molecule has 0 bridgehead atoms. The van der Waals surface area contributed by atoms with E-state index in [0.717, 1.165) is 17.1 Å². The van der Waals surface area contributed by atoms with Crippen LogP contribution >= 0.6 is 0 Å². The molecule has 0 spiro atoms. The second-order valence-electron chi connectivity index (χ2n) is 4.91. The van der Waals surface area contributed by atoms with Gasteiger partial charge in [-0.15, -0.1) is 0 Å². The first kappa shape index (κ1) is 15.6. The van der Waals surface area contributed by atoms with E-state index in [-0.39, 0.29) is 5.91 Å². The highest BCUT2D eigenvalue weighted by Gasteiger charge is 2.04. The van der Waals surface area contributed by atoms with Gasteiger partial charge in [0.15, 0.2) is 0 Å². The van der Waals surface area contributed by atoms with E-state index < -0.39 is 0 Å². The Morgan fingerprint density at radius 2 is 1.64 bits per heavy atom. The lowest BCUT2D eigenvalue weighted by atomic mass is 10.2. The quantitative estimate of drug-likeness (QED) is 0.613. The minimum Gasteiger partial charge on any atom is -0.354 e. The molecule has 0 radical (unpaired) electrons. The summed E-state index contributed by atoms with van der Waals surface area (Å²) in [6.07, 6.45) is 6.90. The first-order valence-corrected chi connectivity index (χ1v) is 7.22. The van der Waals surface area contributed by atoms with E-state index in [0.29, 0.717) is 0 Å². The van der Waals surface area contributed by atoms with E-state index in [4.69, 9.17) is 0 Å². The summed E-state index contributed by atoms with van der Waals surface area (Å²) in [5, 5.41) is 6.20. The molecule has 3 nitrogen and oxygen atoms in total.